The van der Waals surface area contributed by atoms with Crippen molar-refractivity contribution in [3.8, 4) is 16.9 Å². The second-order valence-electron chi connectivity index (χ2n) is 9.45. The summed E-state index contributed by atoms with van der Waals surface area (Å²) in [5.74, 6) is -0.672. The van der Waals surface area contributed by atoms with E-state index in [9.17, 15) is 13.6 Å². The number of carbonyl (C=O) groups is 1. The third kappa shape index (κ3) is 5.13. The van der Waals surface area contributed by atoms with Crippen LogP contribution in [0.1, 0.15) is 40.9 Å². The summed E-state index contributed by atoms with van der Waals surface area (Å²) in [6.45, 7) is 0.236. The average Bonchev–Trinajstić information content (AvgIpc) is 3.29. The largest absolute Gasteiger partial charge is 0.496 e. The third-order valence-corrected chi connectivity index (χ3v) is 8.93. The number of rotatable bonds is 7. The molecule has 9 heteroatoms. The summed E-state index contributed by atoms with van der Waals surface area (Å²) in [5.41, 5.74) is 1.74. The van der Waals surface area contributed by atoms with Gasteiger partial charge in [-0.3, -0.25) is 4.79 Å². The number of benzene rings is 2. The van der Waals surface area contributed by atoms with Crippen molar-refractivity contribution in [2.75, 3.05) is 14.2 Å². The molecule has 0 atom stereocenters. The lowest BCUT2D eigenvalue weighted by molar-refractivity contribution is 0.0604. The van der Waals surface area contributed by atoms with E-state index in [0.717, 1.165) is 31.2 Å². The molecule has 5 nitrogen and oxygen atoms in total. The standard InChI is InChI=1S/C29H28ClF2N3O2S/c1-33-19-9-11-20(12-10-19)35(29(36)27-26(30)25-22(31)6-3-7-24(25)38-27)16-18-15-17(8-13-23(18)37-2)21-5-4-14-34-28(21)32/h3-8,13-15,19-20,33H,9-12,16H2,1-2H3/t19-,20-. The second kappa shape index (κ2) is 11.4. The van der Waals surface area contributed by atoms with Gasteiger partial charge in [-0.1, -0.05) is 23.7 Å². The van der Waals surface area contributed by atoms with Crippen molar-refractivity contribution in [1.82, 2.24) is 15.2 Å². The van der Waals surface area contributed by atoms with Gasteiger partial charge >= 0.3 is 0 Å². The summed E-state index contributed by atoms with van der Waals surface area (Å²) < 4.78 is 35.3. The molecule has 5 rings (SSSR count). The fraction of sp³-hybridized carbons (Fsp3) is 0.310. The molecule has 1 aliphatic carbocycles. The number of fused-ring (bicyclic) bond motifs is 1. The van der Waals surface area contributed by atoms with Gasteiger partial charge in [-0.2, -0.15) is 4.39 Å². The van der Waals surface area contributed by atoms with Gasteiger partial charge in [0.1, 0.15) is 16.4 Å². The van der Waals surface area contributed by atoms with Gasteiger partial charge in [-0.25, -0.2) is 9.37 Å². The first kappa shape index (κ1) is 26.5. The predicted octanol–water partition coefficient (Wildman–Crippen LogP) is 7.08. The maximum atomic E-state index is 14.6. The van der Waals surface area contributed by atoms with Crippen LogP contribution in [-0.4, -0.2) is 42.0 Å². The topological polar surface area (TPSA) is 54.5 Å². The maximum Gasteiger partial charge on any atom is 0.266 e. The molecule has 1 saturated carbocycles. The van der Waals surface area contributed by atoms with Crippen LogP contribution in [-0.2, 0) is 6.54 Å². The van der Waals surface area contributed by atoms with Crippen LogP contribution in [0.2, 0.25) is 5.02 Å². The minimum absolute atomic E-state index is 0.0401. The Hall–Kier alpha value is -3.07. The van der Waals surface area contributed by atoms with E-state index < -0.39 is 11.8 Å². The van der Waals surface area contributed by atoms with E-state index in [4.69, 9.17) is 16.3 Å². The molecule has 2 aromatic carbocycles. The summed E-state index contributed by atoms with van der Waals surface area (Å²) >= 11 is 7.81. The monoisotopic (exact) mass is 555 g/mol. The Morgan fingerprint density at radius 1 is 1.16 bits per heavy atom. The number of nitrogens with one attached hydrogen (secondary N) is 1. The zero-order valence-corrected chi connectivity index (χ0v) is 22.7. The highest BCUT2D eigenvalue weighted by Gasteiger charge is 2.32. The summed E-state index contributed by atoms with van der Waals surface area (Å²) in [6, 6.07) is 13.8. The van der Waals surface area contributed by atoms with Gasteiger partial charge in [0, 0.05) is 46.0 Å². The Morgan fingerprint density at radius 2 is 1.95 bits per heavy atom. The summed E-state index contributed by atoms with van der Waals surface area (Å²) in [4.78, 5) is 20.0. The fourth-order valence-corrected chi connectivity index (χ4v) is 6.75. The summed E-state index contributed by atoms with van der Waals surface area (Å²) in [7, 11) is 3.52. The Labute approximate surface area is 229 Å². The van der Waals surface area contributed by atoms with Gasteiger partial charge in [-0.05, 0) is 74.7 Å². The maximum absolute atomic E-state index is 14.6. The number of nitrogens with zero attached hydrogens (tertiary/aromatic N) is 2. The Morgan fingerprint density at radius 3 is 2.63 bits per heavy atom. The van der Waals surface area contributed by atoms with Gasteiger partial charge < -0.3 is 15.0 Å². The number of halogens is 3. The van der Waals surface area contributed by atoms with Crippen LogP contribution in [0.15, 0.2) is 54.7 Å². The molecule has 0 aliphatic heterocycles. The highest BCUT2D eigenvalue weighted by Crippen LogP contribution is 2.39. The molecule has 2 heterocycles. The molecule has 0 bridgehead atoms. The van der Waals surface area contributed by atoms with Crippen molar-refractivity contribution in [3.05, 3.63) is 82.0 Å². The summed E-state index contributed by atoms with van der Waals surface area (Å²) in [6.07, 6.45) is 4.89. The van der Waals surface area contributed by atoms with Crippen LogP contribution in [0.5, 0.6) is 5.75 Å². The molecule has 1 fully saturated rings. The smallest absolute Gasteiger partial charge is 0.266 e. The molecule has 0 radical (unpaired) electrons. The quantitative estimate of drug-likeness (QED) is 0.248. The number of hydrogen-bond acceptors (Lipinski definition) is 5. The average molecular weight is 556 g/mol. The number of pyridine rings is 1. The van der Waals surface area contributed by atoms with Crippen molar-refractivity contribution in [1.29, 1.82) is 0 Å². The molecule has 1 N–H and O–H groups in total. The van der Waals surface area contributed by atoms with Crippen molar-refractivity contribution in [2.24, 2.45) is 0 Å². The van der Waals surface area contributed by atoms with E-state index in [0.29, 0.717) is 32.5 Å². The molecule has 198 valence electrons. The van der Waals surface area contributed by atoms with Gasteiger partial charge in [0.05, 0.1) is 12.1 Å². The Balaban J connectivity index is 1.55. The molecular formula is C29H28ClF2N3O2S. The van der Waals surface area contributed by atoms with Crippen molar-refractivity contribution < 1.29 is 18.3 Å². The lowest BCUT2D eigenvalue weighted by Crippen LogP contribution is -2.44. The number of methoxy groups -OCH3 is 1. The van der Waals surface area contributed by atoms with E-state index in [1.807, 2.05) is 18.0 Å². The van der Waals surface area contributed by atoms with Crippen LogP contribution in [0.4, 0.5) is 8.78 Å². The highest BCUT2D eigenvalue weighted by atomic mass is 35.5. The zero-order chi connectivity index (χ0) is 26.8. The molecule has 4 aromatic rings. The summed E-state index contributed by atoms with van der Waals surface area (Å²) in [5, 5.41) is 3.74. The van der Waals surface area contributed by atoms with Gasteiger partial charge in [0.15, 0.2) is 0 Å². The predicted molar refractivity (Wildman–Crippen MR) is 148 cm³/mol. The molecule has 0 unspecified atom stereocenters. The first-order chi connectivity index (χ1) is 18.4. The minimum atomic E-state index is -0.568. The zero-order valence-electron chi connectivity index (χ0n) is 21.1. The highest BCUT2D eigenvalue weighted by molar-refractivity contribution is 7.21. The number of hydrogen-bond donors (Lipinski definition) is 1. The Bertz CT molecular complexity index is 1470. The fourth-order valence-electron chi connectivity index (χ4n) is 5.24. The second-order valence-corrected chi connectivity index (χ2v) is 10.9. The van der Waals surface area contributed by atoms with Gasteiger partial charge in [-0.15, -0.1) is 11.3 Å². The molecule has 38 heavy (non-hydrogen) atoms. The number of carbonyl (C=O) groups excluding carboxylic acids is 1. The SMILES string of the molecule is CN[C@H]1CC[C@H](N(Cc2cc(-c3cccnc3F)ccc2OC)C(=O)c2sc3cccc(F)c3c2Cl)CC1. The number of amides is 1. The lowest BCUT2D eigenvalue weighted by atomic mass is 9.89. The van der Waals surface area contributed by atoms with E-state index in [1.165, 1.54) is 23.6 Å². The normalized spacial score (nSPS) is 17.5. The molecule has 2 aromatic heterocycles. The third-order valence-electron chi connectivity index (χ3n) is 7.30. The number of ether oxygens (including phenoxy) is 1. The molecular weight excluding hydrogens is 528 g/mol. The van der Waals surface area contributed by atoms with Crippen LogP contribution < -0.4 is 10.1 Å². The molecule has 1 aliphatic rings. The first-order valence-corrected chi connectivity index (χ1v) is 13.7. The molecule has 0 saturated heterocycles. The van der Waals surface area contributed by atoms with E-state index in [2.05, 4.69) is 10.3 Å². The number of thiophene rings is 1. The van der Waals surface area contributed by atoms with Gasteiger partial charge in [0.25, 0.3) is 5.91 Å². The van der Waals surface area contributed by atoms with Crippen LogP contribution in [0.25, 0.3) is 21.2 Å². The first-order valence-electron chi connectivity index (χ1n) is 12.5. The van der Waals surface area contributed by atoms with Crippen molar-refractivity contribution >= 4 is 38.9 Å². The van der Waals surface area contributed by atoms with Crippen molar-refractivity contribution in [3.63, 3.8) is 0 Å². The van der Waals surface area contributed by atoms with E-state index >= 15 is 0 Å². The van der Waals surface area contributed by atoms with E-state index in [1.54, 1.807) is 43.5 Å². The van der Waals surface area contributed by atoms with Crippen molar-refractivity contribution in [2.45, 2.75) is 44.3 Å². The Kier molecular flexibility index (Phi) is 7.93. The lowest BCUT2D eigenvalue weighted by Gasteiger charge is -2.37. The van der Waals surface area contributed by atoms with Crippen LogP contribution in [0, 0.1) is 11.8 Å². The van der Waals surface area contributed by atoms with Crippen LogP contribution >= 0.6 is 22.9 Å². The van der Waals surface area contributed by atoms with Gasteiger partial charge in [0.2, 0.25) is 5.95 Å². The van der Waals surface area contributed by atoms with Crippen LogP contribution in [0.3, 0.4) is 0 Å². The minimum Gasteiger partial charge on any atom is -0.496 e. The molecule has 1 amide bonds. The van der Waals surface area contributed by atoms with E-state index in [-0.39, 0.29) is 28.9 Å². The number of aromatic nitrogens is 1. The molecule has 0 spiro atoms.